The Morgan fingerprint density at radius 3 is 3.25 bits per heavy atom. The predicted octanol–water partition coefficient (Wildman–Crippen LogP) is 1.16. The van der Waals surface area contributed by atoms with E-state index < -0.39 is 0 Å². The summed E-state index contributed by atoms with van der Waals surface area (Å²) in [4.78, 5) is 3.99. The Kier molecular flexibility index (Phi) is 4.30. The van der Waals surface area contributed by atoms with Crippen LogP contribution in [0, 0.1) is 0 Å². The smallest absolute Gasteiger partial charge is 0.213 e. The van der Waals surface area contributed by atoms with Gasteiger partial charge in [0.05, 0.1) is 6.10 Å². The number of aromatic nitrogens is 2. The highest BCUT2D eigenvalue weighted by Gasteiger charge is 2.20. The van der Waals surface area contributed by atoms with Crippen LogP contribution in [0.3, 0.4) is 0 Å². The standard InChI is InChI=1S/C11H19N3O2/c1-15-10-4-2-3-9(7-10)12-6-5-11-13-8-16-14-11/h8-10,12H,2-7H2,1H3. The van der Waals surface area contributed by atoms with Crippen LogP contribution in [0.25, 0.3) is 0 Å². The molecule has 1 N–H and O–H groups in total. The highest BCUT2D eigenvalue weighted by Crippen LogP contribution is 2.20. The molecule has 1 aromatic heterocycles. The third kappa shape index (κ3) is 3.28. The average Bonchev–Trinajstić information content (AvgIpc) is 2.82. The molecule has 0 aromatic carbocycles. The fourth-order valence-corrected chi connectivity index (χ4v) is 2.24. The van der Waals surface area contributed by atoms with E-state index in [-0.39, 0.29) is 0 Å². The summed E-state index contributed by atoms with van der Waals surface area (Å²) in [6.07, 6.45) is 7.42. The van der Waals surface area contributed by atoms with E-state index in [2.05, 4.69) is 20.0 Å². The maximum absolute atomic E-state index is 5.39. The molecule has 1 saturated carbocycles. The quantitative estimate of drug-likeness (QED) is 0.814. The van der Waals surface area contributed by atoms with Crippen molar-refractivity contribution in [1.82, 2.24) is 15.5 Å². The van der Waals surface area contributed by atoms with Gasteiger partial charge in [-0.25, -0.2) is 0 Å². The van der Waals surface area contributed by atoms with Crippen molar-refractivity contribution in [2.24, 2.45) is 0 Å². The van der Waals surface area contributed by atoms with Crippen LogP contribution in [0.5, 0.6) is 0 Å². The molecular weight excluding hydrogens is 206 g/mol. The van der Waals surface area contributed by atoms with Crippen molar-refractivity contribution in [3.05, 3.63) is 12.2 Å². The molecule has 1 fully saturated rings. The van der Waals surface area contributed by atoms with Crippen LogP contribution in [0.4, 0.5) is 0 Å². The number of methoxy groups -OCH3 is 1. The molecular formula is C11H19N3O2. The van der Waals surface area contributed by atoms with E-state index in [1.165, 1.54) is 25.7 Å². The van der Waals surface area contributed by atoms with Gasteiger partial charge >= 0.3 is 0 Å². The van der Waals surface area contributed by atoms with Gasteiger partial charge < -0.3 is 14.6 Å². The first kappa shape index (κ1) is 11.5. The molecule has 0 radical (unpaired) electrons. The lowest BCUT2D eigenvalue weighted by molar-refractivity contribution is 0.0590. The molecule has 0 amide bonds. The van der Waals surface area contributed by atoms with Crippen LogP contribution in [-0.2, 0) is 11.2 Å². The predicted molar refractivity (Wildman–Crippen MR) is 59.1 cm³/mol. The normalized spacial score (nSPS) is 25.8. The minimum atomic E-state index is 0.427. The monoisotopic (exact) mass is 225 g/mol. The Bertz CT molecular complexity index is 289. The molecule has 0 spiro atoms. The van der Waals surface area contributed by atoms with Gasteiger partial charge in [-0.2, -0.15) is 4.98 Å². The van der Waals surface area contributed by atoms with Crippen molar-refractivity contribution in [3.8, 4) is 0 Å². The molecule has 0 saturated heterocycles. The molecule has 1 aliphatic rings. The lowest BCUT2D eigenvalue weighted by atomic mass is 9.93. The van der Waals surface area contributed by atoms with Crippen molar-refractivity contribution in [2.45, 2.75) is 44.2 Å². The summed E-state index contributed by atoms with van der Waals surface area (Å²) in [7, 11) is 1.80. The molecule has 0 aliphatic heterocycles. The highest BCUT2D eigenvalue weighted by molar-refractivity contribution is 4.82. The summed E-state index contributed by atoms with van der Waals surface area (Å²) in [6.45, 7) is 0.903. The van der Waals surface area contributed by atoms with Crippen LogP contribution in [0.1, 0.15) is 31.5 Å². The van der Waals surface area contributed by atoms with Gasteiger partial charge in [-0.15, -0.1) is 0 Å². The summed E-state index contributed by atoms with van der Waals surface area (Å²) in [6, 6.07) is 0.575. The Hall–Kier alpha value is -0.940. The first-order valence-electron chi connectivity index (χ1n) is 5.90. The summed E-state index contributed by atoms with van der Waals surface area (Å²) in [5.41, 5.74) is 0. The van der Waals surface area contributed by atoms with Crippen molar-refractivity contribution >= 4 is 0 Å². The fraction of sp³-hybridized carbons (Fsp3) is 0.818. The molecule has 0 bridgehead atoms. The van der Waals surface area contributed by atoms with Gasteiger partial charge in [0.15, 0.2) is 5.82 Å². The zero-order valence-corrected chi connectivity index (χ0v) is 9.69. The maximum Gasteiger partial charge on any atom is 0.213 e. The maximum atomic E-state index is 5.39. The second-order valence-electron chi connectivity index (χ2n) is 4.27. The summed E-state index contributed by atoms with van der Waals surface area (Å²) in [5.74, 6) is 0.770. The van der Waals surface area contributed by atoms with E-state index in [0.717, 1.165) is 25.2 Å². The van der Waals surface area contributed by atoms with E-state index in [0.29, 0.717) is 12.1 Å². The Morgan fingerprint density at radius 1 is 1.56 bits per heavy atom. The van der Waals surface area contributed by atoms with Crippen LogP contribution < -0.4 is 5.32 Å². The van der Waals surface area contributed by atoms with Crippen molar-refractivity contribution < 1.29 is 9.26 Å². The number of ether oxygens (including phenoxy) is 1. The molecule has 1 aromatic rings. The van der Waals surface area contributed by atoms with Crippen LogP contribution >= 0.6 is 0 Å². The average molecular weight is 225 g/mol. The number of hydrogen-bond acceptors (Lipinski definition) is 5. The van der Waals surface area contributed by atoms with E-state index in [1.54, 1.807) is 7.11 Å². The zero-order valence-electron chi connectivity index (χ0n) is 9.69. The highest BCUT2D eigenvalue weighted by atomic mass is 16.5. The third-order valence-electron chi connectivity index (χ3n) is 3.15. The van der Waals surface area contributed by atoms with Crippen LogP contribution in [-0.4, -0.2) is 35.9 Å². The Labute approximate surface area is 95.6 Å². The minimum Gasteiger partial charge on any atom is -0.381 e. The van der Waals surface area contributed by atoms with Gasteiger partial charge in [-0.1, -0.05) is 5.16 Å². The second kappa shape index (κ2) is 5.96. The molecule has 5 heteroatoms. The van der Waals surface area contributed by atoms with Gasteiger partial charge in [0.1, 0.15) is 0 Å². The number of nitrogens with zero attached hydrogens (tertiary/aromatic N) is 2. The van der Waals surface area contributed by atoms with Crippen molar-refractivity contribution in [3.63, 3.8) is 0 Å². The Morgan fingerprint density at radius 2 is 2.50 bits per heavy atom. The largest absolute Gasteiger partial charge is 0.381 e. The second-order valence-corrected chi connectivity index (χ2v) is 4.27. The molecule has 2 atom stereocenters. The van der Waals surface area contributed by atoms with Gasteiger partial charge in [-0.3, -0.25) is 0 Å². The van der Waals surface area contributed by atoms with E-state index >= 15 is 0 Å². The van der Waals surface area contributed by atoms with Crippen LogP contribution in [0.15, 0.2) is 10.9 Å². The lowest BCUT2D eigenvalue weighted by Gasteiger charge is -2.28. The van der Waals surface area contributed by atoms with Crippen LogP contribution in [0.2, 0.25) is 0 Å². The molecule has 1 aliphatic carbocycles. The Balaban J connectivity index is 1.65. The van der Waals surface area contributed by atoms with Crippen molar-refractivity contribution in [2.75, 3.05) is 13.7 Å². The SMILES string of the molecule is COC1CCCC(NCCc2ncon2)C1. The minimum absolute atomic E-state index is 0.427. The summed E-state index contributed by atoms with van der Waals surface area (Å²) < 4.78 is 10.1. The fourth-order valence-electron chi connectivity index (χ4n) is 2.24. The van der Waals surface area contributed by atoms with E-state index in [4.69, 9.17) is 4.74 Å². The summed E-state index contributed by atoms with van der Waals surface area (Å²) in [5, 5.41) is 7.30. The van der Waals surface area contributed by atoms with E-state index in [9.17, 15) is 0 Å². The molecule has 1 heterocycles. The lowest BCUT2D eigenvalue weighted by Crippen LogP contribution is -2.37. The number of hydrogen-bond donors (Lipinski definition) is 1. The number of nitrogens with one attached hydrogen (secondary N) is 1. The van der Waals surface area contributed by atoms with Gasteiger partial charge in [-0.05, 0) is 25.7 Å². The molecule has 90 valence electrons. The van der Waals surface area contributed by atoms with Gasteiger partial charge in [0.25, 0.3) is 0 Å². The van der Waals surface area contributed by atoms with E-state index in [1.807, 2.05) is 0 Å². The summed E-state index contributed by atoms with van der Waals surface area (Å²) >= 11 is 0. The zero-order chi connectivity index (χ0) is 11.2. The third-order valence-corrected chi connectivity index (χ3v) is 3.15. The molecule has 2 rings (SSSR count). The molecule has 5 nitrogen and oxygen atoms in total. The van der Waals surface area contributed by atoms with Gasteiger partial charge in [0, 0.05) is 26.1 Å². The topological polar surface area (TPSA) is 60.2 Å². The molecule has 16 heavy (non-hydrogen) atoms. The number of rotatable bonds is 5. The first-order valence-corrected chi connectivity index (χ1v) is 5.90. The van der Waals surface area contributed by atoms with Crippen molar-refractivity contribution in [1.29, 1.82) is 0 Å². The molecule has 2 unspecified atom stereocenters. The first-order chi connectivity index (χ1) is 7.88. The van der Waals surface area contributed by atoms with Gasteiger partial charge in [0.2, 0.25) is 6.39 Å².